The lowest BCUT2D eigenvalue weighted by atomic mass is 10.2. The van der Waals surface area contributed by atoms with E-state index in [2.05, 4.69) is 0 Å². The first-order valence-electron chi connectivity index (χ1n) is 7.48. The van der Waals surface area contributed by atoms with E-state index in [-0.39, 0.29) is 23.7 Å². The van der Waals surface area contributed by atoms with Crippen molar-refractivity contribution < 1.29 is 31.4 Å². The van der Waals surface area contributed by atoms with E-state index >= 15 is 0 Å². The fourth-order valence-corrected chi connectivity index (χ4v) is 6.49. The Hall–Kier alpha value is -1.40. The van der Waals surface area contributed by atoms with Gasteiger partial charge >= 0.3 is 0 Å². The second-order valence-electron chi connectivity index (χ2n) is 5.63. The van der Waals surface area contributed by atoms with Crippen LogP contribution >= 0.6 is 0 Å². The zero-order valence-electron chi connectivity index (χ0n) is 14.0. The van der Waals surface area contributed by atoms with E-state index in [0.717, 1.165) is 4.31 Å². The Morgan fingerprint density at radius 1 is 1.28 bits per heavy atom. The summed E-state index contributed by atoms with van der Waals surface area (Å²) in [5, 5.41) is 10.1. The number of methoxy groups -OCH3 is 2. The number of sulfonamides is 1. The first-order chi connectivity index (χ1) is 11.7. The van der Waals surface area contributed by atoms with Crippen molar-refractivity contribution >= 4 is 19.9 Å². The molecular weight excluding hydrogens is 372 g/mol. The summed E-state index contributed by atoms with van der Waals surface area (Å²) in [4.78, 5) is -0.152. The van der Waals surface area contributed by atoms with Crippen LogP contribution in [0.15, 0.2) is 23.1 Å². The number of nitrogens with two attached hydrogens (primary N) is 1. The van der Waals surface area contributed by atoms with Gasteiger partial charge in [-0.05, 0) is 12.1 Å². The third-order valence-corrected chi connectivity index (χ3v) is 7.63. The maximum atomic E-state index is 13.1. The Kier molecular flexibility index (Phi) is 5.94. The molecule has 0 radical (unpaired) electrons. The van der Waals surface area contributed by atoms with Crippen molar-refractivity contribution in [3.05, 3.63) is 18.2 Å². The molecule has 1 aliphatic rings. The number of rotatable bonds is 7. The molecule has 0 amide bonds. The average molecular weight is 394 g/mol. The number of ether oxygens (including phenoxy) is 2. The van der Waals surface area contributed by atoms with Gasteiger partial charge in [0, 0.05) is 19.2 Å². The highest BCUT2D eigenvalue weighted by molar-refractivity contribution is 7.92. The van der Waals surface area contributed by atoms with Gasteiger partial charge in [-0.2, -0.15) is 4.31 Å². The van der Waals surface area contributed by atoms with Gasteiger partial charge in [-0.15, -0.1) is 0 Å². The second kappa shape index (κ2) is 7.46. The Bertz CT molecular complexity index is 824. The van der Waals surface area contributed by atoms with Crippen molar-refractivity contribution in [2.45, 2.75) is 17.0 Å². The number of hydrogen-bond acceptors (Lipinski definition) is 8. The fraction of sp³-hybridized carbons (Fsp3) is 0.571. The van der Waals surface area contributed by atoms with E-state index in [4.69, 9.17) is 15.2 Å². The molecule has 0 aliphatic carbocycles. The highest BCUT2D eigenvalue weighted by Crippen LogP contribution is 2.33. The average Bonchev–Trinajstić information content (AvgIpc) is 2.83. The summed E-state index contributed by atoms with van der Waals surface area (Å²) in [5.74, 6) is -0.471. The molecule has 0 bridgehead atoms. The van der Waals surface area contributed by atoms with Gasteiger partial charge in [0.05, 0.1) is 37.9 Å². The van der Waals surface area contributed by atoms with Gasteiger partial charge in [0.1, 0.15) is 16.4 Å². The van der Waals surface area contributed by atoms with Crippen LogP contribution in [0.5, 0.6) is 11.5 Å². The van der Waals surface area contributed by atoms with Crippen LogP contribution in [0.4, 0.5) is 0 Å². The van der Waals surface area contributed by atoms with Gasteiger partial charge in [-0.1, -0.05) is 0 Å². The van der Waals surface area contributed by atoms with Crippen molar-refractivity contribution in [1.29, 1.82) is 0 Å². The minimum absolute atomic E-state index is 0.0268. The Balaban J connectivity index is 2.50. The molecule has 3 N–H and O–H groups in total. The predicted octanol–water partition coefficient (Wildman–Crippen LogP) is -1.19. The molecule has 0 spiro atoms. The lowest BCUT2D eigenvalue weighted by molar-refractivity contribution is 0.129. The largest absolute Gasteiger partial charge is 0.497 e. The maximum absolute atomic E-state index is 13.1. The fourth-order valence-electron chi connectivity index (χ4n) is 2.79. The lowest BCUT2D eigenvalue weighted by Gasteiger charge is -2.29. The van der Waals surface area contributed by atoms with Gasteiger partial charge in [0.15, 0.2) is 9.84 Å². The summed E-state index contributed by atoms with van der Waals surface area (Å²) in [5.41, 5.74) is 5.51. The number of aliphatic hydroxyl groups is 1. The molecule has 0 aromatic heterocycles. The topological polar surface area (TPSA) is 136 Å². The minimum atomic E-state index is -4.15. The molecule has 9 nitrogen and oxygen atoms in total. The molecule has 2 rings (SSSR count). The van der Waals surface area contributed by atoms with Gasteiger partial charge in [0.25, 0.3) is 0 Å². The molecule has 1 aliphatic heterocycles. The zero-order valence-corrected chi connectivity index (χ0v) is 15.6. The standard InChI is InChI=1S/C14H22N2O7S2/c1-22-10-3-4-14(13(7-10)23-2)25(20,21)16(6-5-15)11-8-24(18,19)9-12(11)17/h3-4,7,11-12,17H,5-6,8-9,15H2,1-2H3/t11-,12+/m1/s1. The van der Waals surface area contributed by atoms with Crippen LogP contribution < -0.4 is 15.2 Å². The number of nitrogens with zero attached hydrogens (tertiary/aromatic N) is 1. The summed E-state index contributed by atoms with van der Waals surface area (Å²) in [6, 6.07) is 3.09. The van der Waals surface area contributed by atoms with Crippen molar-refractivity contribution in [3.8, 4) is 11.5 Å². The van der Waals surface area contributed by atoms with E-state index in [1.807, 2.05) is 0 Å². The van der Waals surface area contributed by atoms with Gasteiger partial charge in [0.2, 0.25) is 10.0 Å². The van der Waals surface area contributed by atoms with Crippen LogP contribution in [0.1, 0.15) is 0 Å². The second-order valence-corrected chi connectivity index (χ2v) is 9.65. The SMILES string of the molecule is COc1ccc(S(=O)(=O)N(CCN)[C@@H]2CS(=O)(=O)C[C@@H]2O)c(OC)c1. The molecule has 0 saturated carbocycles. The highest BCUT2D eigenvalue weighted by atomic mass is 32.2. The van der Waals surface area contributed by atoms with E-state index < -0.39 is 43.5 Å². The van der Waals surface area contributed by atoms with Crippen LogP contribution in [-0.4, -0.2) is 77.2 Å². The van der Waals surface area contributed by atoms with Crippen LogP contribution in [0.2, 0.25) is 0 Å². The quantitative estimate of drug-likeness (QED) is 0.589. The first-order valence-corrected chi connectivity index (χ1v) is 10.7. The highest BCUT2D eigenvalue weighted by Gasteiger charge is 2.45. The van der Waals surface area contributed by atoms with Crippen molar-refractivity contribution in [2.75, 3.05) is 38.8 Å². The van der Waals surface area contributed by atoms with Crippen LogP contribution in [0.3, 0.4) is 0 Å². The molecule has 1 aromatic rings. The van der Waals surface area contributed by atoms with Crippen LogP contribution in [-0.2, 0) is 19.9 Å². The normalized spacial score (nSPS) is 22.9. The van der Waals surface area contributed by atoms with Gasteiger partial charge < -0.3 is 20.3 Å². The third-order valence-electron chi connectivity index (χ3n) is 3.97. The summed E-state index contributed by atoms with van der Waals surface area (Å²) in [7, 11) is -4.92. The van der Waals surface area contributed by atoms with Gasteiger partial charge in [-0.25, -0.2) is 16.8 Å². The molecule has 1 fully saturated rings. The summed E-state index contributed by atoms with van der Waals surface area (Å²) in [6.07, 6.45) is -1.31. The summed E-state index contributed by atoms with van der Waals surface area (Å²) in [6.45, 7) is -0.157. The molecule has 1 heterocycles. The first kappa shape index (κ1) is 19.9. The van der Waals surface area contributed by atoms with E-state index in [1.54, 1.807) is 0 Å². The van der Waals surface area contributed by atoms with Crippen molar-refractivity contribution in [1.82, 2.24) is 4.31 Å². The number of sulfone groups is 1. The monoisotopic (exact) mass is 394 g/mol. The maximum Gasteiger partial charge on any atom is 0.247 e. The Morgan fingerprint density at radius 2 is 1.96 bits per heavy atom. The summed E-state index contributed by atoms with van der Waals surface area (Å²) >= 11 is 0. The Labute approximate surface area is 147 Å². The van der Waals surface area contributed by atoms with Crippen molar-refractivity contribution in [2.24, 2.45) is 5.73 Å². The predicted molar refractivity (Wildman–Crippen MR) is 90.9 cm³/mol. The molecule has 25 heavy (non-hydrogen) atoms. The molecular formula is C14H22N2O7S2. The lowest BCUT2D eigenvalue weighted by Crippen LogP contribution is -2.48. The number of benzene rings is 1. The van der Waals surface area contributed by atoms with Crippen LogP contribution in [0.25, 0.3) is 0 Å². The molecule has 1 saturated heterocycles. The van der Waals surface area contributed by atoms with E-state index in [1.165, 1.54) is 32.4 Å². The minimum Gasteiger partial charge on any atom is -0.497 e. The smallest absolute Gasteiger partial charge is 0.247 e. The molecule has 2 atom stereocenters. The molecule has 142 valence electrons. The van der Waals surface area contributed by atoms with Crippen molar-refractivity contribution in [3.63, 3.8) is 0 Å². The van der Waals surface area contributed by atoms with E-state index in [0.29, 0.717) is 5.75 Å². The van der Waals surface area contributed by atoms with Crippen LogP contribution in [0, 0.1) is 0 Å². The molecule has 11 heteroatoms. The number of hydrogen-bond donors (Lipinski definition) is 2. The molecule has 1 aromatic carbocycles. The zero-order chi connectivity index (χ0) is 18.8. The van der Waals surface area contributed by atoms with Gasteiger partial charge in [-0.3, -0.25) is 0 Å². The third kappa shape index (κ3) is 4.06. The molecule has 0 unspecified atom stereocenters. The number of aliphatic hydroxyl groups excluding tert-OH is 1. The Morgan fingerprint density at radius 3 is 2.44 bits per heavy atom. The van der Waals surface area contributed by atoms with E-state index in [9.17, 15) is 21.9 Å². The summed E-state index contributed by atoms with van der Waals surface area (Å²) < 4.78 is 60.9.